The number of piperidine rings is 1. The van der Waals surface area contributed by atoms with E-state index in [1.165, 1.54) is 4.31 Å². The Bertz CT molecular complexity index is 1500. The second-order valence-corrected chi connectivity index (χ2v) is 13.3. The Morgan fingerprint density at radius 1 is 0.930 bits per heavy atom. The van der Waals surface area contributed by atoms with Crippen molar-refractivity contribution in [2.75, 3.05) is 25.0 Å². The Hall–Kier alpha value is -2.69. The van der Waals surface area contributed by atoms with E-state index < -0.39 is 11.1 Å². The minimum atomic E-state index is -4.30. The molecule has 3 aromatic carbocycles. The molecular formula is C32H32Cl2F3N3O2S. The Morgan fingerprint density at radius 3 is 2.02 bits per heavy atom. The highest BCUT2D eigenvalue weighted by Crippen LogP contribution is 2.39. The number of nitrogens with zero attached hydrogens (tertiary/aromatic N) is 2. The zero-order valence-electron chi connectivity index (χ0n) is 23.7. The number of pyridine rings is 1. The molecule has 0 aliphatic carbocycles. The molecule has 0 unspecified atom stereocenters. The Balaban J connectivity index is 1.54. The number of fused-ring (bicyclic) bond motifs is 1. The van der Waals surface area contributed by atoms with Crippen molar-refractivity contribution in [3.05, 3.63) is 99.5 Å². The van der Waals surface area contributed by atoms with Gasteiger partial charge < -0.3 is 15.2 Å². The van der Waals surface area contributed by atoms with Gasteiger partial charge in [-0.3, -0.25) is 0 Å². The number of hydrogen-bond acceptors (Lipinski definition) is 6. The first-order valence-corrected chi connectivity index (χ1v) is 15.4. The van der Waals surface area contributed by atoms with Crippen molar-refractivity contribution < 1.29 is 23.0 Å². The fraction of sp³-hybridized carbons (Fsp3) is 0.344. The van der Waals surface area contributed by atoms with Gasteiger partial charge in [0.1, 0.15) is 5.60 Å². The van der Waals surface area contributed by atoms with Gasteiger partial charge in [-0.2, -0.15) is 13.2 Å². The summed E-state index contributed by atoms with van der Waals surface area (Å²) < 4.78 is 46.1. The highest BCUT2D eigenvalue weighted by Gasteiger charge is 2.34. The van der Waals surface area contributed by atoms with Gasteiger partial charge in [0.25, 0.3) is 0 Å². The smallest absolute Gasteiger partial charge is 0.456 e. The maximum atomic E-state index is 12.9. The summed E-state index contributed by atoms with van der Waals surface area (Å²) in [6.45, 7) is 3.96. The van der Waals surface area contributed by atoms with Crippen LogP contribution in [0.1, 0.15) is 49.3 Å². The standard InChI is InChI=1S/C32H32Cl2F3N3O2S/c1-31(2,19-41)42-29-18-28(38-25-13-15-40(16-14-25)43-32(35,36)37)26-17-22(7-12-27(26)39-29)30(20-3-8-23(33)9-4-20)21-5-10-24(34)11-6-21/h3-12,17-18,25,30,41H,13-16,19H2,1-2H3,(H,38,39). The molecule has 5 rings (SSSR count). The van der Waals surface area contributed by atoms with Crippen LogP contribution in [0.15, 0.2) is 72.8 Å². The molecule has 228 valence electrons. The maximum absolute atomic E-state index is 12.9. The van der Waals surface area contributed by atoms with E-state index in [0.29, 0.717) is 47.4 Å². The fourth-order valence-corrected chi connectivity index (χ4v) is 6.17. The molecule has 1 fully saturated rings. The molecule has 11 heteroatoms. The second-order valence-electron chi connectivity index (χ2n) is 11.2. The van der Waals surface area contributed by atoms with Crippen molar-refractivity contribution >= 4 is 51.7 Å². The first kappa shape index (κ1) is 31.7. The summed E-state index contributed by atoms with van der Waals surface area (Å²) in [5, 5.41) is 15.5. The second kappa shape index (κ2) is 13.1. The summed E-state index contributed by atoms with van der Waals surface area (Å²) in [5.74, 6) is 0.220. The highest BCUT2D eigenvalue weighted by atomic mass is 35.5. The van der Waals surface area contributed by atoms with Crippen molar-refractivity contribution in [3.8, 4) is 5.88 Å². The number of rotatable bonds is 9. The lowest BCUT2D eigenvalue weighted by Gasteiger charge is -2.32. The third-order valence-electron chi connectivity index (χ3n) is 7.36. The normalized spacial score (nSPS) is 15.3. The molecule has 0 spiro atoms. The van der Waals surface area contributed by atoms with Crippen molar-refractivity contribution in [1.29, 1.82) is 0 Å². The summed E-state index contributed by atoms with van der Waals surface area (Å²) in [5.41, 5.74) is -0.582. The number of aromatic nitrogens is 1. The van der Waals surface area contributed by atoms with Gasteiger partial charge in [0, 0.05) is 64.2 Å². The summed E-state index contributed by atoms with van der Waals surface area (Å²) in [7, 11) is 0. The average Bonchev–Trinajstić information content (AvgIpc) is 2.95. The lowest BCUT2D eigenvalue weighted by Crippen LogP contribution is -2.37. The molecule has 1 aliphatic rings. The zero-order chi connectivity index (χ0) is 30.8. The van der Waals surface area contributed by atoms with E-state index in [9.17, 15) is 18.3 Å². The molecule has 43 heavy (non-hydrogen) atoms. The number of nitrogens with one attached hydrogen (secondary N) is 1. The lowest BCUT2D eigenvalue weighted by molar-refractivity contribution is -0.0366. The van der Waals surface area contributed by atoms with Gasteiger partial charge >= 0.3 is 5.51 Å². The number of ether oxygens (including phenoxy) is 1. The summed E-state index contributed by atoms with van der Waals surface area (Å²) >= 11 is 12.4. The van der Waals surface area contributed by atoms with Gasteiger partial charge in [-0.1, -0.05) is 53.5 Å². The number of anilines is 1. The van der Waals surface area contributed by atoms with E-state index >= 15 is 0 Å². The van der Waals surface area contributed by atoms with E-state index in [0.717, 1.165) is 27.8 Å². The van der Waals surface area contributed by atoms with Gasteiger partial charge in [0.2, 0.25) is 5.88 Å². The van der Waals surface area contributed by atoms with Crippen LogP contribution >= 0.6 is 35.1 Å². The van der Waals surface area contributed by atoms with Gasteiger partial charge in [0.15, 0.2) is 0 Å². The molecule has 0 radical (unpaired) electrons. The largest absolute Gasteiger partial charge is 0.469 e. The highest BCUT2D eigenvalue weighted by molar-refractivity contribution is 7.97. The van der Waals surface area contributed by atoms with Crippen molar-refractivity contribution in [2.24, 2.45) is 0 Å². The Labute approximate surface area is 263 Å². The van der Waals surface area contributed by atoms with Crippen LogP contribution in [0, 0.1) is 0 Å². The maximum Gasteiger partial charge on any atom is 0.456 e. The van der Waals surface area contributed by atoms with Crippen LogP contribution < -0.4 is 10.1 Å². The number of aliphatic hydroxyl groups excluding tert-OH is 1. The van der Waals surface area contributed by atoms with Crippen LogP contribution in [-0.4, -0.2) is 51.2 Å². The molecule has 1 aliphatic heterocycles. The molecule has 2 N–H and O–H groups in total. The average molecular weight is 651 g/mol. The third-order valence-corrected chi connectivity index (χ3v) is 8.69. The fourth-order valence-electron chi connectivity index (χ4n) is 5.23. The first-order chi connectivity index (χ1) is 20.4. The predicted octanol–water partition coefficient (Wildman–Crippen LogP) is 8.92. The van der Waals surface area contributed by atoms with Crippen LogP contribution in [0.4, 0.5) is 18.9 Å². The number of benzene rings is 3. The lowest BCUT2D eigenvalue weighted by atomic mass is 9.84. The molecule has 0 amide bonds. The molecule has 0 bridgehead atoms. The van der Waals surface area contributed by atoms with E-state index in [1.54, 1.807) is 19.9 Å². The van der Waals surface area contributed by atoms with E-state index in [2.05, 4.69) is 11.4 Å². The number of halogens is 5. The SMILES string of the molecule is CC(C)(CO)Oc1cc(NC2CCN(SC(F)(F)F)CC2)c2cc(C(c3ccc(Cl)cc3)c3ccc(Cl)cc3)ccc2n1. The minimum Gasteiger partial charge on any atom is -0.469 e. The van der Waals surface area contributed by atoms with Gasteiger partial charge in [-0.15, -0.1) is 0 Å². The molecule has 0 saturated carbocycles. The Kier molecular flexibility index (Phi) is 9.68. The van der Waals surface area contributed by atoms with Crippen LogP contribution in [0.2, 0.25) is 10.0 Å². The van der Waals surface area contributed by atoms with Gasteiger partial charge in [0.05, 0.1) is 12.1 Å². The zero-order valence-corrected chi connectivity index (χ0v) is 26.0. The van der Waals surface area contributed by atoms with Crippen LogP contribution in [0.5, 0.6) is 5.88 Å². The molecular weight excluding hydrogens is 618 g/mol. The molecule has 0 atom stereocenters. The van der Waals surface area contributed by atoms with Crippen LogP contribution in [-0.2, 0) is 0 Å². The molecule has 1 saturated heterocycles. The van der Waals surface area contributed by atoms with Gasteiger partial charge in [-0.05, 0) is 79.8 Å². The third kappa shape index (κ3) is 8.28. The van der Waals surface area contributed by atoms with E-state index in [1.807, 2.05) is 60.7 Å². The van der Waals surface area contributed by atoms with Crippen LogP contribution in [0.25, 0.3) is 10.9 Å². The summed E-state index contributed by atoms with van der Waals surface area (Å²) in [6.07, 6.45) is 1.09. The number of hydrogen-bond donors (Lipinski definition) is 2. The van der Waals surface area contributed by atoms with Gasteiger partial charge in [-0.25, -0.2) is 9.29 Å². The van der Waals surface area contributed by atoms with E-state index in [-0.39, 0.29) is 30.5 Å². The number of aliphatic hydroxyl groups is 1. The van der Waals surface area contributed by atoms with Crippen molar-refractivity contribution in [2.45, 2.75) is 49.8 Å². The summed E-state index contributed by atoms with van der Waals surface area (Å²) in [6, 6.07) is 23.3. The predicted molar refractivity (Wildman–Crippen MR) is 169 cm³/mol. The molecule has 1 aromatic heterocycles. The monoisotopic (exact) mass is 649 g/mol. The minimum absolute atomic E-state index is 0.0404. The molecule has 5 nitrogen and oxygen atoms in total. The number of alkyl halides is 3. The Morgan fingerprint density at radius 2 is 1.49 bits per heavy atom. The molecule has 4 aromatic rings. The van der Waals surface area contributed by atoms with E-state index in [4.69, 9.17) is 32.9 Å². The topological polar surface area (TPSA) is 57.6 Å². The quantitative estimate of drug-likeness (QED) is 0.139. The molecule has 2 heterocycles. The van der Waals surface area contributed by atoms with Crippen molar-refractivity contribution in [3.63, 3.8) is 0 Å². The first-order valence-electron chi connectivity index (χ1n) is 13.9. The van der Waals surface area contributed by atoms with Crippen LogP contribution in [0.3, 0.4) is 0 Å². The summed E-state index contributed by atoms with van der Waals surface area (Å²) in [4.78, 5) is 4.74. The van der Waals surface area contributed by atoms with Crippen molar-refractivity contribution in [1.82, 2.24) is 9.29 Å².